The van der Waals surface area contributed by atoms with Gasteiger partial charge in [0.05, 0.1) is 17.4 Å². The minimum atomic E-state index is -3.64. The standard InChI is InChI=1S/C19H19ClF2N2O3S/c20-15-5-1-3-13(9-15)12-28(26,27)24-8-2-4-14(11-24)19(25)23-18-7-6-16(21)10-17(18)22/h1,3,5-7,9-10,14H,2,4,8,11-12H2,(H,23,25)/t14-/m1/s1. The third kappa shape index (κ3) is 5.06. The molecule has 5 nitrogen and oxygen atoms in total. The molecule has 0 bridgehead atoms. The van der Waals surface area contributed by atoms with Crippen LogP contribution in [0.2, 0.25) is 5.02 Å². The summed E-state index contributed by atoms with van der Waals surface area (Å²) in [6, 6.07) is 9.46. The summed E-state index contributed by atoms with van der Waals surface area (Å²) in [5, 5.41) is 2.87. The fourth-order valence-electron chi connectivity index (χ4n) is 3.16. The van der Waals surface area contributed by atoms with E-state index in [1.54, 1.807) is 24.3 Å². The summed E-state index contributed by atoms with van der Waals surface area (Å²) in [6.45, 7) is 0.329. The van der Waals surface area contributed by atoms with E-state index in [9.17, 15) is 22.0 Å². The number of nitrogens with zero attached hydrogens (tertiary/aromatic N) is 1. The average molecular weight is 429 g/mol. The van der Waals surface area contributed by atoms with Gasteiger partial charge in [-0.3, -0.25) is 4.79 Å². The van der Waals surface area contributed by atoms with Crippen LogP contribution in [0.15, 0.2) is 42.5 Å². The van der Waals surface area contributed by atoms with Gasteiger partial charge >= 0.3 is 0 Å². The maximum absolute atomic E-state index is 13.7. The Morgan fingerprint density at radius 1 is 1.21 bits per heavy atom. The van der Waals surface area contributed by atoms with E-state index in [0.29, 0.717) is 36.0 Å². The zero-order chi connectivity index (χ0) is 20.3. The SMILES string of the molecule is O=C(Nc1ccc(F)cc1F)[C@@H]1CCCN(S(=O)(=O)Cc2cccc(Cl)c2)C1. The molecular weight excluding hydrogens is 410 g/mol. The van der Waals surface area contributed by atoms with Crippen molar-refractivity contribution in [1.82, 2.24) is 4.31 Å². The lowest BCUT2D eigenvalue weighted by Crippen LogP contribution is -2.44. The number of hydrogen-bond acceptors (Lipinski definition) is 3. The van der Waals surface area contributed by atoms with Gasteiger partial charge in [0, 0.05) is 24.2 Å². The van der Waals surface area contributed by atoms with Crippen molar-refractivity contribution in [2.75, 3.05) is 18.4 Å². The maximum atomic E-state index is 13.7. The van der Waals surface area contributed by atoms with Crippen molar-refractivity contribution in [3.8, 4) is 0 Å². The molecule has 0 unspecified atom stereocenters. The van der Waals surface area contributed by atoms with E-state index in [4.69, 9.17) is 11.6 Å². The van der Waals surface area contributed by atoms with Gasteiger partial charge < -0.3 is 5.32 Å². The van der Waals surface area contributed by atoms with E-state index >= 15 is 0 Å². The molecule has 1 heterocycles. The summed E-state index contributed by atoms with van der Waals surface area (Å²) < 4.78 is 53.5. The van der Waals surface area contributed by atoms with Crippen molar-refractivity contribution in [3.05, 3.63) is 64.7 Å². The molecule has 150 valence electrons. The molecule has 0 aliphatic carbocycles. The molecule has 28 heavy (non-hydrogen) atoms. The lowest BCUT2D eigenvalue weighted by atomic mass is 9.98. The first-order valence-corrected chi connectivity index (χ1v) is 10.7. The van der Waals surface area contributed by atoms with Crippen LogP contribution >= 0.6 is 11.6 Å². The molecule has 2 aromatic carbocycles. The predicted octanol–water partition coefficient (Wildman–Crippen LogP) is 3.80. The van der Waals surface area contributed by atoms with Gasteiger partial charge in [-0.1, -0.05) is 23.7 Å². The molecule has 0 spiro atoms. The molecule has 1 aliphatic heterocycles. The van der Waals surface area contributed by atoms with E-state index in [-0.39, 0.29) is 18.0 Å². The van der Waals surface area contributed by atoms with E-state index in [2.05, 4.69) is 5.32 Å². The van der Waals surface area contributed by atoms with Crippen LogP contribution in [0, 0.1) is 17.6 Å². The molecule has 1 amide bonds. The van der Waals surface area contributed by atoms with Gasteiger partial charge in [-0.05, 0) is 42.7 Å². The highest BCUT2D eigenvalue weighted by molar-refractivity contribution is 7.88. The first kappa shape index (κ1) is 20.7. The van der Waals surface area contributed by atoms with E-state index in [1.165, 1.54) is 4.31 Å². The quantitative estimate of drug-likeness (QED) is 0.787. The Balaban J connectivity index is 1.68. The van der Waals surface area contributed by atoms with Crippen molar-refractivity contribution in [2.24, 2.45) is 5.92 Å². The molecule has 1 atom stereocenters. The van der Waals surface area contributed by atoms with Crippen molar-refractivity contribution >= 4 is 33.2 Å². The van der Waals surface area contributed by atoms with Crippen molar-refractivity contribution in [2.45, 2.75) is 18.6 Å². The van der Waals surface area contributed by atoms with Gasteiger partial charge in [-0.25, -0.2) is 21.5 Å². The van der Waals surface area contributed by atoms with Crippen LogP contribution in [-0.2, 0) is 20.6 Å². The fraction of sp³-hybridized carbons (Fsp3) is 0.316. The summed E-state index contributed by atoms with van der Waals surface area (Å²) in [4.78, 5) is 12.5. The maximum Gasteiger partial charge on any atom is 0.228 e. The largest absolute Gasteiger partial charge is 0.323 e. The van der Waals surface area contributed by atoms with Gasteiger partial charge in [-0.2, -0.15) is 0 Å². The summed E-state index contributed by atoms with van der Waals surface area (Å²) in [6.07, 6.45) is 0.997. The minimum absolute atomic E-state index is 0.0115. The summed E-state index contributed by atoms with van der Waals surface area (Å²) in [7, 11) is -3.64. The molecule has 0 aromatic heterocycles. The Kier molecular flexibility index (Phi) is 6.32. The van der Waals surface area contributed by atoms with Crippen LogP contribution in [0.25, 0.3) is 0 Å². The Bertz CT molecular complexity index is 985. The Morgan fingerprint density at radius 3 is 2.71 bits per heavy atom. The van der Waals surface area contributed by atoms with Crippen molar-refractivity contribution in [3.63, 3.8) is 0 Å². The Labute approximate surface area is 167 Å². The topological polar surface area (TPSA) is 66.5 Å². The number of carbonyl (C=O) groups excluding carboxylic acids is 1. The van der Waals surface area contributed by atoms with Crippen molar-refractivity contribution in [1.29, 1.82) is 0 Å². The van der Waals surface area contributed by atoms with Gasteiger partial charge in [-0.15, -0.1) is 0 Å². The number of anilines is 1. The number of benzene rings is 2. The number of carbonyl (C=O) groups is 1. The molecular formula is C19H19ClF2N2O3S. The van der Waals surface area contributed by atoms with Crippen LogP contribution in [0.5, 0.6) is 0 Å². The first-order chi connectivity index (χ1) is 13.2. The van der Waals surface area contributed by atoms with E-state index in [0.717, 1.165) is 12.1 Å². The number of sulfonamides is 1. The van der Waals surface area contributed by atoms with Gasteiger partial charge in [0.2, 0.25) is 15.9 Å². The predicted molar refractivity (Wildman–Crippen MR) is 103 cm³/mol. The number of halogens is 3. The molecule has 1 aliphatic rings. The van der Waals surface area contributed by atoms with Gasteiger partial charge in [0.25, 0.3) is 0 Å². The highest BCUT2D eigenvalue weighted by Crippen LogP contribution is 2.24. The number of rotatable bonds is 5. The molecule has 0 saturated carbocycles. The van der Waals surface area contributed by atoms with Crippen LogP contribution in [0.3, 0.4) is 0 Å². The zero-order valence-corrected chi connectivity index (χ0v) is 16.4. The third-order valence-corrected chi connectivity index (χ3v) is 6.63. The first-order valence-electron chi connectivity index (χ1n) is 8.73. The van der Waals surface area contributed by atoms with Crippen LogP contribution in [0.4, 0.5) is 14.5 Å². The average Bonchev–Trinajstić information content (AvgIpc) is 2.64. The molecule has 1 saturated heterocycles. The van der Waals surface area contributed by atoms with Gasteiger partial charge in [0.1, 0.15) is 11.6 Å². The lowest BCUT2D eigenvalue weighted by molar-refractivity contribution is -0.120. The van der Waals surface area contributed by atoms with Crippen molar-refractivity contribution < 1.29 is 22.0 Å². The Morgan fingerprint density at radius 2 is 2.00 bits per heavy atom. The molecule has 0 radical (unpaired) electrons. The second-order valence-corrected chi connectivity index (χ2v) is 9.10. The van der Waals surface area contributed by atoms with Gasteiger partial charge in [0.15, 0.2) is 0 Å². The number of nitrogens with one attached hydrogen (secondary N) is 1. The third-order valence-electron chi connectivity index (χ3n) is 4.58. The van der Waals surface area contributed by atoms with Crippen LogP contribution in [-0.4, -0.2) is 31.7 Å². The molecule has 3 rings (SSSR count). The van der Waals surface area contributed by atoms with E-state index < -0.39 is 33.5 Å². The minimum Gasteiger partial charge on any atom is -0.323 e. The van der Waals surface area contributed by atoms with Crippen LogP contribution < -0.4 is 5.32 Å². The molecule has 2 aromatic rings. The second-order valence-electron chi connectivity index (χ2n) is 6.70. The number of piperidine rings is 1. The summed E-state index contributed by atoms with van der Waals surface area (Å²) in [5.74, 6) is -2.95. The lowest BCUT2D eigenvalue weighted by Gasteiger charge is -2.31. The molecule has 9 heteroatoms. The highest BCUT2D eigenvalue weighted by Gasteiger charge is 2.32. The van der Waals surface area contributed by atoms with E-state index in [1.807, 2.05) is 0 Å². The second kappa shape index (κ2) is 8.55. The summed E-state index contributed by atoms with van der Waals surface area (Å²) in [5.41, 5.74) is 0.428. The van der Waals surface area contributed by atoms with Crippen LogP contribution in [0.1, 0.15) is 18.4 Å². The summed E-state index contributed by atoms with van der Waals surface area (Å²) >= 11 is 5.91. The Hall–Kier alpha value is -2.03. The highest BCUT2D eigenvalue weighted by atomic mass is 35.5. The fourth-order valence-corrected chi connectivity index (χ4v) is 4.97. The monoisotopic (exact) mass is 428 g/mol. The number of amides is 1. The number of hydrogen-bond donors (Lipinski definition) is 1. The zero-order valence-electron chi connectivity index (χ0n) is 14.9. The molecule has 1 N–H and O–H groups in total. The smallest absolute Gasteiger partial charge is 0.228 e. The normalized spacial score (nSPS) is 18.0. The molecule has 1 fully saturated rings.